The van der Waals surface area contributed by atoms with Gasteiger partial charge in [-0.05, 0) is 117 Å². The second-order valence-electron chi connectivity index (χ2n) is 23.8. The molecule has 85 heavy (non-hydrogen) atoms. The van der Waals surface area contributed by atoms with E-state index >= 15 is 4.39 Å². The van der Waals surface area contributed by atoms with Crippen LogP contribution in [-0.2, 0) is 47.6 Å². The van der Waals surface area contributed by atoms with Crippen LogP contribution in [0.5, 0.6) is 0 Å². The van der Waals surface area contributed by atoms with Crippen LogP contribution in [0, 0.1) is 41.3 Å². The molecule has 15 atom stereocenters. The number of hydroxylamine groups is 1. The van der Waals surface area contributed by atoms with E-state index in [4.69, 9.17) is 38.0 Å². The van der Waals surface area contributed by atoms with Crippen LogP contribution in [0.2, 0.25) is 0 Å². The quantitative estimate of drug-likeness (QED) is 0.0244. The SMILES string of the molecule is CC[C@H]1OC(=O)[C@H](C)[C@@H](OC(=O)CCNCCCCNc2cc3c(cc2F)c(=O)c(C(=O)O)cn3C2CC2)[C@H](C)[C@@H](O[C@@H]2O[C@H](C)C[C@H](N(C)C)[C@H]2O)[C@](C)(OC)C[C@@H](C)C(NOCC#Cc2cncc(C(=O)NC)c2)[C@H](C)[C@H]2OC(=O)O[C@@]21C. The van der Waals surface area contributed by atoms with Crippen molar-refractivity contribution < 1.29 is 76.6 Å². The van der Waals surface area contributed by atoms with E-state index in [0.717, 1.165) is 18.9 Å². The van der Waals surface area contributed by atoms with Crippen molar-refractivity contribution in [2.45, 2.75) is 179 Å². The number of hydrogen-bond acceptors (Lipinski definition) is 20. The molecule has 2 aromatic heterocycles. The van der Waals surface area contributed by atoms with Gasteiger partial charge < -0.3 is 68.8 Å². The van der Waals surface area contributed by atoms with Crippen molar-refractivity contribution in [3.63, 3.8) is 0 Å². The zero-order valence-corrected chi connectivity index (χ0v) is 50.9. The highest BCUT2D eigenvalue weighted by Crippen LogP contribution is 2.44. The number of esters is 2. The summed E-state index contributed by atoms with van der Waals surface area (Å²) in [5, 5.41) is 30.5. The van der Waals surface area contributed by atoms with Gasteiger partial charge in [0.25, 0.3) is 5.91 Å². The van der Waals surface area contributed by atoms with Gasteiger partial charge in [-0.15, -0.1) is 0 Å². The van der Waals surface area contributed by atoms with Crippen molar-refractivity contribution in [2.75, 3.05) is 59.8 Å². The predicted octanol–water partition coefficient (Wildman–Crippen LogP) is 5.73. The van der Waals surface area contributed by atoms with Crippen LogP contribution in [0.15, 0.2) is 41.6 Å². The molecule has 1 unspecified atom stereocenters. The van der Waals surface area contributed by atoms with E-state index in [9.17, 15) is 39.0 Å². The lowest BCUT2D eigenvalue weighted by atomic mass is 9.72. The van der Waals surface area contributed by atoms with Crippen molar-refractivity contribution in [3.05, 3.63) is 69.5 Å². The Morgan fingerprint density at radius 3 is 2.39 bits per heavy atom. The largest absolute Gasteiger partial charge is 0.509 e. The number of halogens is 1. The fourth-order valence-electron chi connectivity index (χ4n) is 12.3. The highest BCUT2D eigenvalue weighted by atomic mass is 19.1. The Kier molecular flexibility index (Phi) is 22.5. The van der Waals surface area contributed by atoms with Crippen LogP contribution in [0.1, 0.15) is 139 Å². The number of methoxy groups -OCH3 is 1. The molecule has 4 fully saturated rings. The Balaban J connectivity index is 1.10. The molecule has 5 heterocycles. The Bertz CT molecular complexity index is 2990. The summed E-state index contributed by atoms with van der Waals surface area (Å²) in [5.74, 6) is -0.840. The molecule has 3 saturated heterocycles. The van der Waals surface area contributed by atoms with Gasteiger partial charge in [0.1, 0.15) is 36.3 Å². The van der Waals surface area contributed by atoms with Crippen molar-refractivity contribution >= 4 is 46.6 Å². The van der Waals surface area contributed by atoms with Crippen LogP contribution < -0.4 is 26.9 Å². The summed E-state index contributed by atoms with van der Waals surface area (Å²) >= 11 is 0. The number of cyclic esters (lactones) is 1. The number of nitrogens with zero attached hydrogens (tertiary/aromatic N) is 3. The van der Waals surface area contributed by atoms with Gasteiger partial charge in [-0.1, -0.05) is 39.5 Å². The van der Waals surface area contributed by atoms with E-state index < -0.39 is 119 Å². The van der Waals surface area contributed by atoms with Crippen molar-refractivity contribution in [1.82, 2.24) is 30.6 Å². The molecule has 1 amide bonds. The Morgan fingerprint density at radius 1 is 0.988 bits per heavy atom. The average Bonchev–Trinajstić information content (AvgIpc) is 3.82. The molecule has 1 aromatic carbocycles. The summed E-state index contributed by atoms with van der Waals surface area (Å²) in [4.78, 5) is 91.4. The van der Waals surface area contributed by atoms with Gasteiger partial charge in [0, 0.05) is 86.7 Å². The van der Waals surface area contributed by atoms with E-state index in [0.29, 0.717) is 49.0 Å². The topological polar surface area (TPSA) is 286 Å². The van der Waals surface area contributed by atoms with Crippen LogP contribution in [0.3, 0.4) is 0 Å². The molecule has 3 aliphatic heterocycles. The van der Waals surface area contributed by atoms with E-state index in [1.54, 1.807) is 44.4 Å². The third-order valence-corrected chi connectivity index (χ3v) is 17.2. The number of amides is 1. The summed E-state index contributed by atoms with van der Waals surface area (Å²) in [6.45, 7) is 15.4. The molecule has 1 aliphatic carbocycles. The highest BCUT2D eigenvalue weighted by Gasteiger charge is 2.59. The maximum Gasteiger partial charge on any atom is 0.509 e. The molecular weight excluding hydrogens is 1110 g/mol. The molecule has 23 nitrogen and oxygen atoms in total. The minimum Gasteiger partial charge on any atom is -0.477 e. The van der Waals surface area contributed by atoms with Gasteiger partial charge in [0.05, 0.1) is 46.9 Å². The molecule has 24 heteroatoms. The Labute approximate surface area is 495 Å². The van der Waals surface area contributed by atoms with Crippen molar-refractivity contribution in [3.8, 4) is 11.8 Å². The number of nitrogens with one attached hydrogen (secondary N) is 4. The summed E-state index contributed by atoms with van der Waals surface area (Å²) in [5.41, 5.74) is 0.717. The van der Waals surface area contributed by atoms with Crippen LogP contribution in [-0.4, -0.2) is 175 Å². The van der Waals surface area contributed by atoms with E-state index in [2.05, 4.69) is 38.3 Å². The molecule has 0 bridgehead atoms. The molecular formula is C61H86FN7O16. The number of fused-ring (bicyclic) bond motifs is 2. The van der Waals surface area contributed by atoms with E-state index in [-0.39, 0.29) is 67.6 Å². The lowest BCUT2D eigenvalue weighted by Gasteiger charge is -2.49. The number of aromatic carboxylic acids is 1. The van der Waals surface area contributed by atoms with Gasteiger partial charge in [0.2, 0.25) is 5.43 Å². The number of anilines is 1. The average molecular weight is 1190 g/mol. The lowest BCUT2D eigenvalue weighted by molar-refractivity contribution is -0.302. The lowest BCUT2D eigenvalue weighted by Crippen LogP contribution is -2.61. The van der Waals surface area contributed by atoms with Gasteiger partial charge in [0.15, 0.2) is 18.0 Å². The van der Waals surface area contributed by atoms with Crippen LogP contribution in [0.4, 0.5) is 14.9 Å². The fourth-order valence-corrected chi connectivity index (χ4v) is 12.3. The Hall–Kier alpha value is -6.30. The van der Waals surface area contributed by atoms with E-state index in [1.165, 1.54) is 32.7 Å². The zero-order valence-electron chi connectivity index (χ0n) is 50.9. The third kappa shape index (κ3) is 15.6. The standard InChI is InChI=1S/C61H86FN7O16/c1-13-47-61(8)54(84-59(77)85-61)35(4)49(67-79-24-16-17-38-26-39(31-65-30-38)55(73)63-9)33(2)29-60(7,78-12)53(83-58-51(72)46(68(10)11)25-34(3)80-58)36(5)52(37(6)57(76)81-47)82-48(70)20-23-64-21-14-15-22-66-44-28-45-41(27-43(44)62)50(71)42(56(74)75)32-69(45)40-18-19-40/h26-28,30-37,40,46-47,49,51-54,58,64,66-67,72H,13-15,18-25,29H2,1-12H3,(H,63,73)(H,74,75)/t33-,34-,35+,36+,37-,46+,47-,49?,51-,52+,53-,54-,58+,60-,61-/m1/s1. The van der Waals surface area contributed by atoms with E-state index in [1.807, 2.05) is 46.7 Å². The number of unbranched alkanes of at least 4 members (excludes halogenated alkanes) is 1. The molecule has 4 aliphatic rings. The number of likely N-dealkylation sites (N-methyl/N-ethyl adjacent to an activating group) is 1. The molecule has 7 rings (SSSR count). The Morgan fingerprint density at radius 2 is 1.72 bits per heavy atom. The number of ether oxygens (including phenoxy) is 7. The fraction of sp³-hybridized carbons (Fsp3) is 0.656. The summed E-state index contributed by atoms with van der Waals surface area (Å²) < 4.78 is 61.7. The summed E-state index contributed by atoms with van der Waals surface area (Å²) in [6.07, 6.45) is 0.0241. The first-order valence-corrected chi connectivity index (χ1v) is 29.5. The number of hydrogen-bond donors (Lipinski definition) is 6. The summed E-state index contributed by atoms with van der Waals surface area (Å²) in [6, 6.07) is 3.26. The van der Waals surface area contributed by atoms with Gasteiger partial charge in [-0.2, -0.15) is 5.48 Å². The molecule has 468 valence electrons. The molecule has 0 spiro atoms. The normalized spacial score (nSPS) is 30.9. The predicted molar refractivity (Wildman–Crippen MR) is 310 cm³/mol. The molecule has 1 saturated carbocycles. The number of pyridine rings is 2. The first-order valence-electron chi connectivity index (χ1n) is 29.5. The second kappa shape index (κ2) is 28.9. The first-order chi connectivity index (χ1) is 40.3. The van der Waals surface area contributed by atoms with Gasteiger partial charge in [-0.3, -0.25) is 29.0 Å². The maximum atomic E-state index is 15.3. The number of carbonyl (C=O) groups is 5. The number of aliphatic hydroxyl groups is 1. The number of carbonyl (C=O) groups excluding carboxylic acids is 4. The number of aromatic nitrogens is 2. The van der Waals surface area contributed by atoms with Gasteiger partial charge in [-0.25, -0.2) is 14.0 Å². The van der Waals surface area contributed by atoms with Crippen LogP contribution >= 0.6 is 0 Å². The number of rotatable bonds is 21. The number of aliphatic hydroxyl groups excluding tert-OH is 1. The zero-order chi connectivity index (χ0) is 62.1. The number of carboxylic acid groups (broad SMARTS) is 1. The monoisotopic (exact) mass is 1190 g/mol. The first kappa shape index (κ1) is 66.2. The second-order valence-corrected chi connectivity index (χ2v) is 23.8. The van der Waals surface area contributed by atoms with Crippen LogP contribution in [0.25, 0.3) is 10.9 Å². The van der Waals surface area contributed by atoms with Crippen molar-refractivity contribution in [2.24, 2.45) is 23.7 Å². The third-order valence-electron chi connectivity index (χ3n) is 17.2. The minimum absolute atomic E-state index is 0.00861. The number of benzene rings is 1. The number of carboxylic acids is 1. The maximum absolute atomic E-state index is 15.3. The molecule has 3 aromatic rings. The minimum atomic E-state index is -1.51. The van der Waals surface area contributed by atoms with Gasteiger partial charge >= 0.3 is 24.1 Å². The smallest absolute Gasteiger partial charge is 0.477 e. The molecule has 6 N–H and O–H groups in total. The molecule has 0 radical (unpaired) electrons. The highest BCUT2D eigenvalue weighted by molar-refractivity contribution is 5.94. The van der Waals surface area contributed by atoms with Crippen molar-refractivity contribution in [1.29, 1.82) is 0 Å². The summed E-state index contributed by atoms with van der Waals surface area (Å²) in [7, 11) is 6.77.